The number of aromatic nitrogens is 2. The van der Waals surface area contributed by atoms with Gasteiger partial charge in [0, 0.05) is 5.69 Å². The van der Waals surface area contributed by atoms with Crippen LogP contribution in [0, 0.1) is 0 Å². The largest absolute Gasteiger partial charge is 0.497 e. The fourth-order valence-corrected chi connectivity index (χ4v) is 2.35. The molecule has 27 heavy (non-hydrogen) atoms. The molecule has 2 N–H and O–H groups in total. The van der Waals surface area contributed by atoms with Crippen molar-refractivity contribution in [2.45, 2.75) is 13.3 Å². The highest BCUT2D eigenvalue weighted by molar-refractivity contribution is 5.98. The van der Waals surface area contributed by atoms with Gasteiger partial charge in [0.15, 0.2) is 0 Å². The highest BCUT2D eigenvalue weighted by atomic mass is 16.5. The number of nitrogens with zero attached hydrogens (tertiary/aromatic N) is 2. The van der Waals surface area contributed by atoms with E-state index in [0.29, 0.717) is 24.6 Å². The molecule has 0 aliphatic heterocycles. The van der Waals surface area contributed by atoms with Gasteiger partial charge in [-0.2, -0.15) is 0 Å². The molecule has 0 saturated carbocycles. The number of carbonyl (C=O) groups is 1. The highest BCUT2D eigenvalue weighted by Crippen LogP contribution is 2.17. The summed E-state index contributed by atoms with van der Waals surface area (Å²) in [6.45, 7) is 2.50. The van der Waals surface area contributed by atoms with E-state index < -0.39 is 6.03 Å². The zero-order valence-corrected chi connectivity index (χ0v) is 15.1. The van der Waals surface area contributed by atoms with Gasteiger partial charge in [0.1, 0.15) is 11.5 Å². The fourth-order valence-electron chi connectivity index (χ4n) is 2.35. The van der Waals surface area contributed by atoms with Gasteiger partial charge in [0.25, 0.3) is 0 Å². The maximum absolute atomic E-state index is 12.0. The number of benzene rings is 2. The third kappa shape index (κ3) is 5.21. The second kappa shape index (κ2) is 8.70. The summed E-state index contributed by atoms with van der Waals surface area (Å²) >= 11 is 0. The van der Waals surface area contributed by atoms with Crippen LogP contribution >= 0.6 is 0 Å². The Kier molecular flexibility index (Phi) is 5.88. The topological polar surface area (TPSA) is 98.5 Å². The molecule has 0 atom stereocenters. The number of rotatable bonds is 7. The molecule has 140 valence electrons. The highest BCUT2D eigenvalue weighted by Gasteiger charge is 2.11. The van der Waals surface area contributed by atoms with Crippen LogP contribution in [0.3, 0.4) is 0 Å². The minimum atomic E-state index is -0.473. The summed E-state index contributed by atoms with van der Waals surface area (Å²) in [6, 6.07) is 14.1. The van der Waals surface area contributed by atoms with E-state index in [1.165, 1.54) is 0 Å². The van der Waals surface area contributed by atoms with Crippen LogP contribution in [-0.2, 0) is 6.42 Å². The number of hydrogen-bond donors (Lipinski definition) is 2. The second-order valence-electron chi connectivity index (χ2n) is 5.56. The summed E-state index contributed by atoms with van der Waals surface area (Å²) in [5, 5.41) is 13.0. The van der Waals surface area contributed by atoms with E-state index in [4.69, 9.17) is 13.9 Å². The summed E-state index contributed by atoms with van der Waals surface area (Å²) in [6.07, 6.45) is 0.458. The van der Waals surface area contributed by atoms with Gasteiger partial charge >= 0.3 is 12.0 Å². The van der Waals surface area contributed by atoms with Gasteiger partial charge in [-0.25, -0.2) is 4.79 Å². The Labute approximate surface area is 156 Å². The lowest BCUT2D eigenvalue weighted by atomic mass is 10.1. The maximum atomic E-state index is 12.0. The molecule has 0 saturated heterocycles. The van der Waals surface area contributed by atoms with Crippen LogP contribution < -0.4 is 20.1 Å². The van der Waals surface area contributed by atoms with E-state index in [1.54, 1.807) is 31.4 Å². The number of hydrogen-bond acceptors (Lipinski definition) is 6. The molecule has 0 spiro atoms. The van der Waals surface area contributed by atoms with E-state index in [2.05, 4.69) is 20.8 Å². The Balaban J connectivity index is 1.53. The second-order valence-corrected chi connectivity index (χ2v) is 5.56. The van der Waals surface area contributed by atoms with Gasteiger partial charge in [-0.1, -0.05) is 17.2 Å². The summed E-state index contributed by atoms with van der Waals surface area (Å²) in [5.41, 5.74) is 1.61. The van der Waals surface area contributed by atoms with E-state index in [1.807, 2.05) is 31.2 Å². The van der Waals surface area contributed by atoms with Crippen LogP contribution in [-0.4, -0.2) is 29.9 Å². The Hall–Kier alpha value is -3.55. The van der Waals surface area contributed by atoms with Crippen molar-refractivity contribution >= 4 is 17.7 Å². The molecule has 8 heteroatoms. The lowest BCUT2D eigenvalue weighted by molar-refractivity contribution is 0.261. The minimum Gasteiger partial charge on any atom is -0.497 e. The monoisotopic (exact) mass is 368 g/mol. The van der Waals surface area contributed by atoms with Gasteiger partial charge in [0.2, 0.25) is 5.89 Å². The normalized spacial score (nSPS) is 10.3. The van der Waals surface area contributed by atoms with Gasteiger partial charge in [-0.3, -0.25) is 5.32 Å². The lowest BCUT2D eigenvalue weighted by Crippen LogP contribution is -2.19. The molecule has 1 heterocycles. The fraction of sp³-hybridized carbons (Fsp3) is 0.211. The average Bonchev–Trinajstić information content (AvgIpc) is 3.11. The third-order valence-corrected chi connectivity index (χ3v) is 3.62. The number of amides is 2. The molecule has 0 bridgehead atoms. The maximum Gasteiger partial charge on any atom is 0.327 e. The molecule has 0 unspecified atom stereocenters. The number of urea groups is 1. The van der Waals surface area contributed by atoms with Crippen LogP contribution in [0.5, 0.6) is 11.5 Å². The summed E-state index contributed by atoms with van der Waals surface area (Å²) in [5.74, 6) is 1.91. The number of carbonyl (C=O) groups excluding carboxylic acids is 1. The predicted octanol–water partition coefficient (Wildman–Crippen LogP) is 3.71. The van der Waals surface area contributed by atoms with Crippen molar-refractivity contribution in [3.8, 4) is 11.5 Å². The van der Waals surface area contributed by atoms with Crippen molar-refractivity contribution in [1.29, 1.82) is 0 Å². The Morgan fingerprint density at radius 1 is 1.00 bits per heavy atom. The first-order chi connectivity index (χ1) is 13.2. The van der Waals surface area contributed by atoms with Crippen molar-refractivity contribution in [1.82, 2.24) is 10.2 Å². The van der Waals surface area contributed by atoms with Gasteiger partial charge < -0.3 is 19.2 Å². The molecule has 0 radical (unpaired) electrons. The molecule has 2 aromatic carbocycles. The Bertz CT molecular complexity index is 875. The first-order valence-electron chi connectivity index (χ1n) is 8.42. The first kappa shape index (κ1) is 18.2. The van der Waals surface area contributed by atoms with E-state index in [-0.39, 0.29) is 6.01 Å². The van der Waals surface area contributed by atoms with Crippen molar-refractivity contribution in [2.24, 2.45) is 0 Å². The number of ether oxygens (including phenoxy) is 2. The smallest absolute Gasteiger partial charge is 0.327 e. The van der Waals surface area contributed by atoms with Crippen LogP contribution in [0.25, 0.3) is 0 Å². The van der Waals surface area contributed by atoms with Gasteiger partial charge in [0.05, 0.1) is 20.1 Å². The lowest BCUT2D eigenvalue weighted by Gasteiger charge is -2.06. The van der Waals surface area contributed by atoms with Crippen molar-refractivity contribution < 1.29 is 18.7 Å². The molecular weight excluding hydrogens is 348 g/mol. The zero-order valence-electron chi connectivity index (χ0n) is 15.1. The van der Waals surface area contributed by atoms with E-state index in [9.17, 15) is 4.79 Å². The number of nitrogens with one attached hydrogen (secondary N) is 2. The average molecular weight is 368 g/mol. The van der Waals surface area contributed by atoms with Crippen LogP contribution in [0.4, 0.5) is 16.5 Å². The summed E-state index contributed by atoms with van der Waals surface area (Å²) in [7, 11) is 1.61. The Morgan fingerprint density at radius 2 is 1.70 bits per heavy atom. The zero-order chi connectivity index (χ0) is 19.1. The standard InChI is InChI=1S/C19H20N4O4/c1-3-26-16-10-6-14(7-11-16)20-18(24)21-19-23-22-17(27-19)12-13-4-8-15(25-2)9-5-13/h4-11H,3,12H2,1-2H3,(H2,20,21,23,24). The minimum absolute atomic E-state index is 0.0296. The van der Waals surface area contributed by atoms with Crippen LogP contribution in [0.15, 0.2) is 52.9 Å². The third-order valence-electron chi connectivity index (χ3n) is 3.62. The number of methoxy groups -OCH3 is 1. The summed E-state index contributed by atoms with van der Waals surface area (Å²) < 4.78 is 15.9. The van der Waals surface area contributed by atoms with Gasteiger partial charge in [-0.05, 0) is 48.9 Å². The van der Waals surface area contributed by atoms with E-state index in [0.717, 1.165) is 17.1 Å². The first-order valence-corrected chi connectivity index (χ1v) is 8.42. The molecule has 2 amide bonds. The van der Waals surface area contributed by atoms with Crippen LogP contribution in [0.2, 0.25) is 0 Å². The van der Waals surface area contributed by atoms with Crippen molar-refractivity contribution in [3.05, 3.63) is 60.0 Å². The predicted molar refractivity (Wildman–Crippen MR) is 100 cm³/mol. The molecule has 8 nitrogen and oxygen atoms in total. The SMILES string of the molecule is CCOc1ccc(NC(=O)Nc2nnc(Cc3ccc(OC)cc3)o2)cc1. The molecule has 0 aliphatic carbocycles. The Morgan fingerprint density at radius 3 is 2.37 bits per heavy atom. The van der Waals surface area contributed by atoms with Gasteiger partial charge in [-0.15, -0.1) is 5.10 Å². The molecule has 3 aromatic rings. The molecule has 1 aromatic heterocycles. The molecule has 0 aliphatic rings. The summed E-state index contributed by atoms with van der Waals surface area (Å²) in [4.78, 5) is 12.0. The molecule has 3 rings (SSSR count). The van der Waals surface area contributed by atoms with Crippen molar-refractivity contribution in [2.75, 3.05) is 24.4 Å². The quantitative estimate of drug-likeness (QED) is 0.660. The molecule has 0 fully saturated rings. The molecular formula is C19H20N4O4. The number of anilines is 2. The van der Waals surface area contributed by atoms with E-state index >= 15 is 0 Å². The van der Waals surface area contributed by atoms with Crippen molar-refractivity contribution in [3.63, 3.8) is 0 Å². The van der Waals surface area contributed by atoms with Crippen LogP contribution in [0.1, 0.15) is 18.4 Å².